The molecule has 1 amide bonds. The molecule has 5 nitrogen and oxygen atoms in total. The Morgan fingerprint density at radius 1 is 1.04 bits per heavy atom. The first kappa shape index (κ1) is 20.9. The lowest BCUT2D eigenvalue weighted by molar-refractivity contribution is -0.116. The molecule has 3 aromatic rings. The van der Waals surface area contributed by atoms with Gasteiger partial charge in [-0.2, -0.15) is 0 Å². The summed E-state index contributed by atoms with van der Waals surface area (Å²) in [6, 6.07) is 15.7. The molecule has 0 aliphatic carbocycles. The van der Waals surface area contributed by atoms with Crippen molar-refractivity contribution < 1.29 is 9.21 Å². The van der Waals surface area contributed by atoms with Crippen molar-refractivity contribution in [3.63, 3.8) is 0 Å². The minimum atomic E-state index is 0. The average Bonchev–Trinajstić information content (AvgIpc) is 3.04. The van der Waals surface area contributed by atoms with Crippen LogP contribution >= 0.6 is 12.4 Å². The number of unbranched alkanes of at least 4 members (excludes halogenated alkanes) is 3. The Morgan fingerprint density at radius 2 is 1.81 bits per heavy atom. The molecule has 0 aliphatic heterocycles. The number of fused-ring (bicyclic) bond motifs is 1. The summed E-state index contributed by atoms with van der Waals surface area (Å²) >= 11 is 0. The van der Waals surface area contributed by atoms with Gasteiger partial charge in [-0.3, -0.25) is 4.79 Å². The predicted molar refractivity (Wildman–Crippen MR) is 111 cm³/mol. The van der Waals surface area contributed by atoms with Crippen LogP contribution in [0.15, 0.2) is 52.9 Å². The van der Waals surface area contributed by atoms with Crippen molar-refractivity contribution >= 4 is 35.1 Å². The number of nitrogens with two attached hydrogens (primary N) is 1. The second-order valence-electron chi connectivity index (χ2n) is 6.45. The van der Waals surface area contributed by atoms with Crippen LogP contribution in [0.2, 0.25) is 0 Å². The molecular weight excluding hydrogens is 362 g/mol. The molecule has 1 aromatic heterocycles. The van der Waals surface area contributed by atoms with E-state index in [-0.39, 0.29) is 18.3 Å². The number of anilines is 1. The van der Waals surface area contributed by atoms with Crippen molar-refractivity contribution in [2.45, 2.75) is 38.5 Å². The van der Waals surface area contributed by atoms with Gasteiger partial charge in [0.05, 0.1) is 0 Å². The molecule has 27 heavy (non-hydrogen) atoms. The number of nitrogens with one attached hydrogen (secondary N) is 1. The van der Waals surface area contributed by atoms with Crippen LogP contribution in [-0.4, -0.2) is 17.4 Å². The Morgan fingerprint density at radius 3 is 2.59 bits per heavy atom. The van der Waals surface area contributed by atoms with E-state index in [0.29, 0.717) is 24.3 Å². The molecule has 0 atom stereocenters. The van der Waals surface area contributed by atoms with Crippen LogP contribution in [0.4, 0.5) is 5.69 Å². The van der Waals surface area contributed by atoms with Crippen LogP contribution in [0.25, 0.3) is 11.1 Å². The van der Waals surface area contributed by atoms with E-state index in [4.69, 9.17) is 10.2 Å². The summed E-state index contributed by atoms with van der Waals surface area (Å²) in [4.78, 5) is 16.6. The SMILES string of the molecule is Cl.NCCCCCCC(=O)Nc1ccc2nc(Cc3ccccc3)oc2c1. The maximum absolute atomic E-state index is 12.0. The molecule has 3 N–H and O–H groups in total. The Hall–Kier alpha value is -2.37. The van der Waals surface area contributed by atoms with Gasteiger partial charge in [-0.1, -0.05) is 43.2 Å². The maximum Gasteiger partial charge on any atom is 0.224 e. The van der Waals surface area contributed by atoms with Gasteiger partial charge in [0.2, 0.25) is 5.91 Å². The molecule has 0 aliphatic rings. The number of hydrogen-bond acceptors (Lipinski definition) is 4. The summed E-state index contributed by atoms with van der Waals surface area (Å²) in [5.74, 6) is 0.704. The lowest BCUT2D eigenvalue weighted by Crippen LogP contribution is -2.11. The second-order valence-corrected chi connectivity index (χ2v) is 6.45. The monoisotopic (exact) mass is 387 g/mol. The van der Waals surface area contributed by atoms with Gasteiger partial charge in [-0.05, 0) is 37.1 Å². The normalized spacial score (nSPS) is 10.6. The number of oxazole rings is 1. The Balaban J connectivity index is 0.00000261. The van der Waals surface area contributed by atoms with E-state index >= 15 is 0 Å². The Bertz CT molecular complexity index is 849. The summed E-state index contributed by atoms with van der Waals surface area (Å²) in [6.07, 6.45) is 5.21. The van der Waals surface area contributed by atoms with E-state index in [2.05, 4.69) is 10.3 Å². The first-order valence-electron chi connectivity index (χ1n) is 9.18. The number of nitrogens with zero attached hydrogens (tertiary/aromatic N) is 1. The van der Waals surface area contributed by atoms with E-state index in [0.717, 1.165) is 49.0 Å². The van der Waals surface area contributed by atoms with Gasteiger partial charge in [0.25, 0.3) is 0 Å². The molecule has 144 valence electrons. The molecule has 0 unspecified atom stereocenters. The van der Waals surface area contributed by atoms with Gasteiger partial charge in [0.15, 0.2) is 11.5 Å². The highest BCUT2D eigenvalue weighted by Gasteiger charge is 2.09. The number of rotatable bonds is 9. The predicted octanol–water partition coefficient (Wildman–Crippen LogP) is 4.69. The number of benzene rings is 2. The summed E-state index contributed by atoms with van der Waals surface area (Å²) < 4.78 is 5.85. The molecular formula is C21H26ClN3O2. The topological polar surface area (TPSA) is 81.2 Å². The summed E-state index contributed by atoms with van der Waals surface area (Å²) in [5.41, 5.74) is 8.86. The van der Waals surface area contributed by atoms with Crippen molar-refractivity contribution in [2.75, 3.05) is 11.9 Å². The number of halogens is 1. The minimum Gasteiger partial charge on any atom is -0.440 e. The van der Waals surface area contributed by atoms with Crippen LogP contribution in [0.1, 0.15) is 43.6 Å². The van der Waals surface area contributed by atoms with E-state index in [1.165, 1.54) is 0 Å². The smallest absolute Gasteiger partial charge is 0.224 e. The number of carbonyl (C=O) groups is 1. The summed E-state index contributed by atoms with van der Waals surface area (Å²) in [7, 11) is 0. The highest BCUT2D eigenvalue weighted by molar-refractivity contribution is 5.92. The third-order valence-corrected chi connectivity index (χ3v) is 4.27. The van der Waals surface area contributed by atoms with E-state index in [9.17, 15) is 4.79 Å². The molecule has 2 aromatic carbocycles. The fraction of sp³-hybridized carbons (Fsp3) is 0.333. The van der Waals surface area contributed by atoms with E-state index in [1.807, 2.05) is 48.5 Å². The fourth-order valence-corrected chi connectivity index (χ4v) is 2.90. The first-order valence-corrected chi connectivity index (χ1v) is 9.18. The van der Waals surface area contributed by atoms with Gasteiger partial charge in [-0.25, -0.2) is 4.98 Å². The van der Waals surface area contributed by atoms with Gasteiger partial charge < -0.3 is 15.5 Å². The highest BCUT2D eigenvalue weighted by Crippen LogP contribution is 2.22. The molecule has 0 bridgehead atoms. The van der Waals surface area contributed by atoms with Crippen LogP contribution in [0.3, 0.4) is 0 Å². The number of carbonyl (C=O) groups excluding carboxylic acids is 1. The fourth-order valence-electron chi connectivity index (χ4n) is 2.90. The van der Waals surface area contributed by atoms with Crippen LogP contribution < -0.4 is 11.1 Å². The van der Waals surface area contributed by atoms with Gasteiger partial charge >= 0.3 is 0 Å². The zero-order valence-corrected chi connectivity index (χ0v) is 16.1. The van der Waals surface area contributed by atoms with E-state index in [1.54, 1.807) is 0 Å². The van der Waals surface area contributed by atoms with Crippen molar-refractivity contribution in [1.82, 2.24) is 4.98 Å². The van der Waals surface area contributed by atoms with Crippen molar-refractivity contribution in [3.05, 3.63) is 60.0 Å². The third-order valence-electron chi connectivity index (χ3n) is 4.27. The Labute approximate surface area is 165 Å². The first-order chi connectivity index (χ1) is 12.7. The number of hydrogen-bond donors (Lipinski definition) is 2. The molecule has 0 saturated carbocycles. The summed E-state index contributed by atoms with van der Waals surface area (Å²) in [6.45, 7) is 0.718. The minimum absolute atomic E-state index is 0. The van der Waals surface area contributed by atoms with Crippen LogP contribution in [0.5, 0.6) is 0 Å². The molecule has 0 saturated heterocycles. The zero-order chi connectivity index (χ0) is 18.2. The average molecular weight is 388 g/mol. The molecule has 0 radical (unpaired) electrons. The largest absolute Gasteiger partial charge is 0.440 e. The van der Waals surface area contributed by atoms with E-state index < -0.39 is 0 Å². The number of aromatic nitrogens is 1. The standard InChI is InChI=1S/C21H25N3O2.ClH/c22-13-7-2-1-6-10-20(25)23-17-11-12-18-19(15-17)26-21(24-18)14-16-8-4-3-5-9-16;/h3-5,8-9,11-12,15H,1-2,6-7,10,13-14,22H2,(H,23,25);1H. The van der Waals surface area contributed by atoms with Gasteiger partial charge in [0, 0.05) is 24.6 Å². The number of amides is 1. The van der Waals surface area contributed by atoms with Crippen LogP contribution in [0, 0.1) is 0 Å². The lowest BCUT2D eigenvalue weighted by Gasteiger charge is -2.04. The Kier molecular flexibility index (Phi) is 8.30. The van der Waals surface area contributed by atoms with Crippen molar-refractivity contribution in [3.8, 4) is 0 Å². The molecule has 6 heteroatoms. The molecule has 1 heterocycles. The van der Waals surface area contributed by atoms with Gasteiger partial charge in [-0.15, -0.1) is 12.4 Å². The second kappa shape index (κ2) is 10.7. The maximum atomic E-state index is 12.0. The lowest BCUT2D eigenvalue weighted by atomic mass is 10.1. The molecule has 0 fully saturated rings. The zero-order valence-electron chi connectivity index (χ0n) is 15.3. The third kappa shape index (κ3) is 6.38. The quantitative estimate of drug-likeness (QED) is 0.522. The summed E-state index contributed by atoms with van der Waals surface area (Å²) in [5, 5.41) is 2.93. The van der Waals surface area contributed by atoms with Crippen molar-refractivity contribution in [1.29, 1.82) is 0 Å². The van der Waals surface area contributed by atoms with Crippen molar-refractivity contribution in [2.24, 2.45) is 5.73 Å². The molecule has 3 rings (SSSR count). The molecule has 0 spiro atoms. The van der Waals surface area contributed by atoms with Crippen LogP contribution in [-0.2, 0) is 11.2 Å². The van der Waals surface area contributed by atoms with Gasteiger partial charge in [0.1, 0.15) is 5.52 Å². The highest BCUT2D eigenvalue weighted by atomic mass is 35.5.